The van der Waals surface area contributed by atoms with Crippen molar-refractivity contribution in [3.63, 3.8) is 0 Å². The van der Waals surface area contributed by atoms with Gasteiger partial charge in [-0.25, -0.2) is 0 Å². The van der Waals surface area contributed by atoms with Crippen molar-refractivity contribution in [2.24, 2.45) is 0 Å². The van der Waals surface area contributed by atoms with Gasteiger partial charge in [0.1, 0.15) is 0 Å². The summed E-state index contributed by atoms with van der Waals surface area (Å²) in [5.41, 5.74) is 1.00. The van der Waals surface area contributed by atoms with E-state index in [1.165, 1.54) is 38.9 Å². The Morgan fingerprint density at radius 3 is 1.94 bits per heavy atom. The van der Waals surface area contributed by atoms with Crippen molar-refractivity contribution >= 4 is 8.80 Å². The number of hydrogen-bond acceptors (Lipinski definition) is 1. The molecule has 1 atom stereocenters. The lowest BCUT2D eigenvalue weighted by Crippen LogP contribution is -2.26. The van der Waals surface area contributed by atoms with Gasteiger partial charge in [-0.15, -0.1) is 0 Å². The molecule has 0 aromatic heterocycles. The Labute approximate surface area is 105 Å². The van der Waals surface area contributed by atoms with Crippen molar-refractivity contribution in [1.82, 2.24) is 4.90 Å². The van der Waals surface area contributed by atoms with Crippen molar-refractivity contribution in [2.75, 3.05) is 19.6 Å². The Hall–Kier alpha value is 0.177. The quantitative estimate of drug-likeness (QED) is 0.521. The van der Waals surface area contributed by atoms with Gasteiger partial charge in [0.2, 0.25) is 0 Å². The van der Waals surface area contributed by atoms with E-state index in [2.05, 4.69) is 39.5 Å². The SMILES string of the molecule is CCCC[SiH](CCCN(CC)CC)C(C)C. The predicted octanol–water partition coefficient (Wildman–Crippen LogP) is 4.16. The van der Waals surface area contributed by atoms with Crippen LogP contribution in [-0.2, 0) is 0 Å². The van der Waals surface area contributed by atoms with Crippen molar-refractivity contribution in [3.8, 4) is 0 Å². The molecule has 0 rings (SSSR count). The number of hydrogen-bond donors (Lipinski definition) is 0. The van der Waals surface area contributed by atoms with E-state index in [-0.39, 0.29) is 0 Å². The molecule has 2 heteroatoms. The van der Waals surface area contributed by atoms with Crippen LogP contribution in [0.15, 0.2) is 0 Å². The second kappa shape index (κ2) is 10.3. The van der Waals surface area contributed by atoms with Crippen LogP contribution in [0.25, 0.3) is 0 Å². The predicted molar refractivity (Wildman–Crippen MR) is 79.2 cm³/mol. The lowest BCUT2D eigenvalue weighted by molar-refractivity contribution is 0.304. The largest absolute Gasteiger partial charge is 0.304 e. The van der Waals surface area contributed by atoms with E-state index >= 15 is 0 Å². The summed E-state index contributed by atoms with van der Waals surface area (Å²) >= 11 is 0. The smallest absolute Gasteiger partial charge is 0.0394 e. The molecule has 0 aromatic rings. The summed E-state index contributed by atoms with van der Waals surface area (Å²) in [5.74, 6) is 0. The van der Waals surface area contributed by atoms with Crippen molar-refractivity contribution in [1.29, 1.82) is 0 Å². The fourth-order valence-corrected chi connectivity index (χ4v) is 5.66. The standard InChI is InChI=1S/C14H33NSi/c1-6-9-12-16(14(4)5)13-10-11-15(7-2)8-3/h14,16H,6-13H2,1-5H3. The second-order valence-corrected chi connectivity index (χ2v) is 9.32. The van der Waals surface area contributed by atoms with Gasteiger partial charge in [0.25, 0.3) is 0 Å². The van der Waals surface area contributed by atoms with Gasteiger partial charge in [-0.1, -0.05) is 65.1 Å². The van der Waals surface area contributed by atoms with Crippen LogP contribution >= 0.6 is 0 Å². The molecule has 0 amide bonds. The van der Waals surface area contributed by atoms with Crippen LogP contribution in [0, 0.1) is 0 Å². The minimum absolute atomic E-state index is 0.432. The summed E-state index contributed by atoms with van der Waals surface area (Å²) in [6, 6.07) is 3.14. The van der Waals surface area contributed by atoms with Crippen molar-refractivity contribution in [2.45, 2.75) is 71.5 Å². The monoisotopic (exact) mass is 243 g/mol. The lowest BCUT2D eigenvalue weighted by Gasteiger charge is -2.22. The first-order chi connectivity index (χ1) is 7.65. The average Bonchev–Trinajstić information content (AvgIpc) is 2.28. The highest BCUT2D eigenvalue weighted by Gasteiger charge is 2.14. The van der Waals surface area contributed by atoms with Crippen LogP contribution in [0.2, 0.25) is 17.6 Å². The zero-order valence-electron chi connectivity index (χ0n) is 12.3. The maximum absolute atomic E-state index is 2.56. The molecule has 0 aliphatic heterocycles. The highest BCUT2D eigenvalue weighted by molar-refractivity contribution is 6.60. The van der Waals surface area contributed by atoms with Crippen LogP contribution in [0.1, 0.15) is 53.9 Å². The summed E-state index contributed by atoms with van der Waals surface area (Å²) in [5, 5.41) is 0. The second-order valence-electron chi connectivity index (χ2n) is 5.32. The molecule has 0 aliphatic carbocycles. The molecular weight excluding hydrogens is 210 g/mol. The molecule has 0 spiro atoms. The number of nitrogens with zero attached hydrogens (tertiary/aromatic N) is 1. The lowest BCUT2D eigenvalue weighted by atomic mass is 10.4. The molecule has 0 radical (unpaired) electrons. The molecule has 0 saturated heterocycles. The summed E-state index contributed by atoms with van der Waals surface area (Å²) in [6.07, 6.45) is 4.30. The van der Waals surface area contributed by atoms with Gasteiger partial charge in [0.05, 0.1) is 0 Å². The maximum atomic E-state index is 2.56. The Bertz CT molecular complexity index is 144. The zero-order valence-corrected chi connectivity index (χ0v) is 13.4. The van der Waals surface area contributed by atoms with Crippen LogP contribution in [0.5, 0.6) is 0 Å². The van der Waals surface area contributed by atoms with Gasteiger partial charge in [0, 0.05) is 8.80 Å². The number of rotatable bonds is 10. The van der Waals surface area contributed by atoms with E-state index in [0.29, 0.717) is 0 Å². The van der Waals surface area contributed by atoms with E-state index in [1.54, 1.807) is 12.1 Å². The molecule has 0 bridgehead atoms. The topological polar surface area (TPSA) is 3.24 Å². The van der Waals surface area contributed by atoms with E-state index < -0.39 is 8.80 Å². The summed E-state index contributed by atoms with van der Waals surface area (Å²) in [4.78, 5) is 2.56. The van der Waals surface area contributed by atoms with Crippen molar-refractivity contribution in [3.05, 3.63) is 0 Å². The molecule has 0 aliphatic rings. The molecule has 1 unspecified atom stereocenters. The van der Waals surface area contributed by atoms with E-state index in [9.17, 15) is 0 Å². The Morgan fingerprint density at radius 1 is 0.938 bits per heavy atom. The summed E-state index contributed by atoms with van der Waals surface area (Å²) < 4.78 is 0. The molecule has 98 valence electrons. The Kier molecular flexibility index (Phi) is 10.5. The third kappa shape index (κ3) is 7.45. The van der Waals surface area contributed by atoms with Crippen LogP contribution in [-0.4, -0.2) is 33.3 Å². The molecule has 1 nitrogen and oxygen atoms in total. The summed E-state index contributed by atoms with van der Waals surface area (Å²) in [7, 11) is -0.432. The van der Waals surface area contributed by atoms with E-state index in [4.69, 9.17) is 0 Å². The minimum atomic E-state index is -0.432. The van der Waals surface area contributed by atoms with Gasteiger partial charge in [-0.3, -0.25) is 0 Å². The van der Waals surface area contributed by atoms with Crippen molar-refractivity contribution < 1.29 is 0 Å². The van der Waals surface area contributed by atoms with E-state index in [1.807, 2.05) is 0 Å². The van der Waals surface area contributed by atoms with Gasteiger partial charge < -0.3 is 4.90 Å². The molecular formula is C14H33NSi. The van der Waals surface area contributed by atoms with Crippen LogP contribution in [0.3, 0.4) is 0 Å². The fraction of sp³-hybridized carbons (Fsp3) is 1.00. The Balaban J connectivity index is 3.74. The average molecular weight is 244 g/mol. The highest BCUT2D eigenvalue weighted by atomic mass is 28.3. The fourth-order valence-electron chi connectivity index (χ4n) is 2.39. The normalized spacial score (nSPS) is 13.7. The third-order valence-corrected chi connectivity index (χ3v) is 8.00. The number of unbranched alkanes of at least 4 members (excludes halogenated alkanes) is 1. The molecule has 0 fully saturated rings. The molecule has 16 heavy (non-hydrogen) atoms. The van der Waals surface area contributed by atoms with Gasteiger partial charge in [-0.05, 0) is 26.1 Å². The Morgan fingerprint density at radius 2 is 1.50 bits per heavy atom. The van der Waals surface area contributed by atoms with Gasteiger partial charge in [0.15, 0.2) is 0 Å². The van der Waals surface area contributed by atoms with Crippen LogP contribution < -0.4 is 0 Å². The first kappa shape index (κ1) is 16.2. The third-order valence-electron chi connectivity index (χ3n) is 3.81. The molecule has 0 aromatic carbocycles. The summed E-state index contributed by atoms with van der Waals surface area (Å²) in [6.45, 7) is 15.5. The molecule has 0 heterocycles. The minimum Gasteiger partial charge on any atom is -0.304 e. The first-order valence-electron chi connectivity index (χ1n) is 7.37. The van der Waals surface area contributed by atoms with Gasteiger partial charge in [-0.2, -0.15) is 0 Å². The zero-order chi connectivity index (χ0) is 12.4. The van der Waals surface area contributed by atoms with Crippen LogP contribution in [0.4, 0.5) is 0 Å². The maximum Gasteiger partial charge on any atom is 0.0394 e. The van der Waals surface area contributed by atoms with Gasteiger partial charge >= 0.3 is 0 Å². The highest BCUT2D eigenvalue weighted by Crippen LogP contribution is 2.20. The molecule has 0 saturated carbocycles. The van der Waals surface area contributed by atoms with E-state index in [0.717, 1.165) is 5.54 Å². The molecule has 0 N–H and O–H groups in total. The first-order valence-corrected chi connectivity index (χ1v) is 9.67.